The lowest BCUT2D eigenvalue weighted by molar-refractivity contribution is -0.136. The Kier molecular flexibility index (Phi) is 6.97. The maximum atomic E-state index is 12.7. The van der Waals surface area contributed by atoms with E-state index >= 15 is 0 Å². The van der Waals surface area contributed by atoms with E-state index in [0.717, 1.165) is 21.9 Å². The Morgan fingerprint density at radius 1 is 0.829 bits per heavy atom. The van der Waals surface area contributed by atoms with E-state index in [9.17, 15) is 14.4 Å². The Morgan fingerprint density at radius 3 is 2.40 bits per heavy atom. The number of carbonyl (C=O) groups is 3. The Bertz CT molecular complexity index is 1460. The number of carbonyl (C=O) groups excluding carboxylic acids is 3. The Labute approximate surface area is 202 Å². The van der Waals surface area contributed by atoms with E-state index in [1.165, 1.54) is 6.21 Å². The normalized spacial score (nSPS) is 10.8. The molecule has 0 saturated heterocycles. The number of amides is 2. The minimum absolute atomic E-state index is 0.276. The first-order valence-corrected chi connectivity index (χ1v) is 10.9. The van der Waals surface area contributed by atoms with Crippen molar-refractivity contribution >= 4 is 40.5 Å². The topological polar surface area (TPSA) is 96.9 Å². The van der Waals surface area contributed by atoms with Gasteiger partial charge in [0.05, 0.1) is 11.8 Å². The van der Waals surface area contributed by atoms with E-state index in [-0.39, 0.29) is 5.75 Å². The third kappa shape index (κ3) is 5.59. The summed E-state index contributed by atoms with van der Waals surface area (Å²) in [4.78, 5) is 37.3. The zero-order valence-corrected chi connectivity index (χ0v) is 19.2. The standard InChI is InChI=1S/C28H23N3O4/c1-18-8-7-11-21(16-18)28(34)35-25-15-14-20-10-4-5-12-22(20)23(25)17-29-31-27(33)26(32)30-24-13-6-3-9-19(24)2/h3-17H,1-2H3,(H,30,32)(H,31,33)/b29-17+. The molecule has 35 heavy (non-hydrogen) atoms. The second-order valence-electron chi connectivity index (χ2n) is 7.93. The molecule has 0 aliphatic carbocycles. The summed E-state index contributed by atoms with van der Waals surface area (Å²) >= 11 is 0. The van der Waals surface area contributed by atoms with Gasteiger partial charge in [-0.2, -0.15) is 5.10 Å². The monoisotopic (exact) mass is 465 g/mol. The van der Waals surface area contributed by atoms with Crippen LogP contribution in [0.25, 0.3) is 10.8 Å². The minimum atomic E-state index is -0.928. The molecule has 0 spiro atoms. The number of hydrazone groups is 1. The number of hydrogen-bond acceptors (Lipinski definition) is 5. The lowest BCUT2D eigenvalue weighted by Gasteiger charge is -2.11. The SMILES string of the molecule is Cc1cccc(C(=O)Oc2ccc3ccccc3c2/C=N/NC(=O)C(=O)Nc2ccccc2C)c1. The first-order valence-electron chi connectivity index (χ1n) is 10.9. The quantitative estimate of drug-likeness (QED) is 0.146. The lowest BCUT2D eigenvalue weighted by Crippen LogP contribution is -2.32. The molecule has 2 N–H and O–H groups in total. The summed E-state index contributed by atoms with van der Waals surface area (Å²) in [5.74, 6) is -2.01. The van der Waals surface area contributed by atoms with Crippen LogP contribution < -0.4 is 15.5 Å². The molecule has 0 bridgehead atoms. The number of nitrogens with zero attached hydrogens (tertiary/aromatic N) is 1. The smallest absolute Gasteiger partial charge is 0.343 e. The molecular formula is C28H23N3O4. The summed E-state index contributed by atoms with van der Waals surface area (Å²) in [6.07, 6.45) is 1.36. The predicted octanol–water partition coefficient (Wildman–Crippen LogP) is 4.76. The van der Waals surface area contributed by atoms with E-state index in [1.807, 2.05) is 62.4 Å². The lowest BCUT2D eigenvalue weighted by atomic mass is 10.0. The van der Waals surface area contributed by atoms with Crippen molar-refractivity contribution in [1.82, 2.24) is 5.43 Å². The second kappa shape index (κ2) is 10.4. The van der Waals surface area contributed by atoms with Crippen molar-refractivity contribution < 1.29 is 19.1 Å². The van der Waals surface area contributed by atoms with Crippen molar-refractivity contribution in [2.75, 3.05) is 5.32 Å². The average molecular weight is 466 g/mol. The molecule has 0 saturated carbocycles. The number of aryl methyl sites for hydroxylation is 2. The molecule has 4 aromatic rings. The molecule has 0 heterocycles. The summed E-state index contributed by atoms with van der Waals surface area (Å²) in [7, 11) is 0. The van der Waals surface area contributed by atoms with Gasteiger partial charge in [0.25, 0.3) is 0 Å². The molecule has 4 rings (SSSR count). The molecule has 0 radical (unpaired) electrons. The van der Waals surface area contributed by atoms with Gasteiger partial charge in [-0.25, -0.2) is 10.2 Å². The van der Waals surface area contributed by atoms with Crippen LogP contribution in [-0.2, 0) is 9.59 Å². The highest BCUT2D eigenvalue weighted by Crippen LogP contribution is 2.27. The van der Waals surface area contributed by atoms with Crippen molar-refractivity contribution in [2.45, 2.75) is 13.8 Å². The highest BCUT2D eigenvalue weighted by molar-refractivity contribution is 6.39. The molecule has 0 aliphatic heterocycles. The van der Waals surface area contributed by atoms with E-state index in [4.69, 9.17) is 4.74 Å². The number of benzene rings is 4. The van der Waals surface area contributed by atoms with Crippen molar-refractivity contribution in [1.29, 1.82) is 0 Å². The zero-order valence-electron chi connectivity index (χ0n) is 19.2. The predicted molar refractivity (Wildman–Crippen MR) is 136 cm³/mol. The van der Waals surface area contributed by atoms with Crippen LogP contribution in [0, 0.1) is 13.8 Å². The van der Waals surface area contributed by atoms with Crippen molar-refractivity contribution in [3.05, 3.63) is 107 Å². The summed E-state index contributed by atoms with van der Waals surface area (Å²) in [5.41, 5.74) is 5.44. The molecule has 0 atom stereocenters. The van der Waals surface area contributed by atoms with E-state index in [1.54, 1.807) is 36.4 Å². The van der Waals surface area contributed by atoms with E-state index in [2.05, 4.69) is 15.8 Å². The number of fused-ring (bicyclic) bond motifs is 1. The van der Waals surface area contributed by atoms with E-state index < -0.39 is 17.8 Å². The fourth-order valence-corrected chi connectivity index (χ4v) is 3.53. The van der Waals surface area contributed by atoms with Gasteiger partial charge in [-0.15, -0.1) is 0 Å². The first-order chi connectivity index (χ1) is 16.9. The van der Waals surface area contributed by atoms with Gasteiger partial charge in [0.1, 0.15) is 5.75 Å². The van der Waals surface area contributed by atoms with Crippen molar-refractivity contribution in [3.8, 4) is 5.75 Å². The molecule has 0 aliphatic rings. The number of anilines is 1. The number of rotatable bonds is 5. The molecule has 2 amide bonds. The van der Waals surface area contributed by atoms with Crippen molar-refractivity contribution in [2.24, 2.45) is 5.10 Å². The van der Waals surface area contributed by atoms with Gasteiger partial charge in [-0.3, -0.25) is 9.59 Å². The second-order valence-corrected chi connectivity index (χ2v) is 7.93. The molecular weight excluding hydrogens is 442 g/mol. The maximum Gasteiger partial charge on any atom is 0.343 e. The Balaban J connectivity index is 1.55. The number of ether oxygens (including phenoxy) is 1. The van der Waals surface area contributed by atoms with Crippen LogP contribution in [0.3, 0.4) is 0 Å². The summed E-state index contributed by atoms with van der Waals surface area (Å²) < 4.78 is 5.67. The molecule has 0 aromatic heterocycles. The fraction of sp³-hybridized carbons (Fsp3) is 0.0714. The molecule has 7 heteroatoms. The van der Waals surface area contributed by atoms with Crippen molar-refractivity contribution in [3.63, 3.8) is 0 Å². The molecule has 7 nitrogen and oxygen atoms in total. The third-order valence-electron chi connectivity index (χ3n) is 5.35. The van der Waals surface area contributed by atoms with E-state index in [0.29, 0.717) is 16.8 Å². The van der Waals surface area contributed by atoms with Gasteiger partial charge in [-0.1, -0.05) is 66.2 Å². The maximum absolute atomic E-state index is 12.7. The summed E-state index contributed by atoms with van der Waals surface area (Å²) in [5, 5.41) is 8.17. The molecule has 0 unspecified atom stereocenters. The van der Waals surface area contributed by atoms with Crippen LogP contribution in [0.2, 0.25) is 0 Å². The Hall–Kier alpha value is -4.78. The third-order valence-corrected chi connectivity index (χ3v) is 5.35. The van der Waals surface area contributed by atoms with Crippen LogP contribution in [0.1, 0.15) is 27.0 Å². The van der Waals surface area contributed by atoms with Gasteiger partial charge in [0.2, 0.25) is 0 Å². The van der Waals surface area contributed by atoms with Crippen LogP contribution in [0.4, 0.5) is 5.69 Å². The fourth-order valence-electron chi connectivity index (χ4n) is 3.53. The van der Waals surface area contributed by atoms with Gasteiger partial charge in [0, 0.05) is 11.3 Å². The summed E-state index contributed by atoms with van der Waals surface area (Å²) in [6.45, 7) is 3.72. The number of hydrogen-bond donors (Lipinski definition) is 2. The highest BCUT2D eigenvalue weighted by atomic mass is 16.5. The number of esters is 1. The van der Waals surface area contributed by atoms with Gasteiger partial charge in [0.15, 0.2) is 0 Å². The van der Waals surface area contributed by atoms with Gasteiger partial charge < -0.3 is 10.1 Å². The zero-order chi connectivity index (χ0) is 24.8. The van der Waals surface area contributed by atoms with Crippen LogP contribution in [-0.4, -0.2) is 24.0 Å². The molecule has 174 valence electrons. The Morgan fingerprint density at radius 2 is 1.60 bits per heavy atom. The minimum Gasteiger partial charge on any atom is -0.422 e. The highest BCUT2D eigenvalue weighted by Gasteiger charge is 2.16. The van der Waals surface area contributed by atoms with Crippen LogP contribution in [0.5, 0.6) is 5.75 Å². The average Bonchev–Trinajstić information content (AvgIpc) is 2.86. The van der Waals surface area contributed by atoms with Crippen LogP contribution >= 0.6 is 0 Å². The largest absolute Gasteiger partial charge is 0.422 e. The molecule has 0 fully saturated rings. The summed E-state index contributed by atoms with van der Waals surface area (Å²) in [6, 6.07) is 25.2. The van der Waals surface area contributed by atoms with Gasteiger partial charge in [-0.05, 0) is 54.4 Å². The number of nitrogens with one attached hydrogen (secondary N) is 2. The number of para-hydroxylation sites is 1. The first kappa shape index (κ1) is 23.4. The van der Waals surface area contributed by atoms with Crippen LogP contribution in [0.15, 0.2) is 90.0 Å². The van der Waals surface area contributed by atoms with Gasteiger partial charge >= 0.3 is 17.8 Å². The molecule has 4 aromatic carbocycles.